The van der Waals surface area contributed by atoms with Crippen LogP contribution in [-0.2, 0) is 16.6 Å². The first-order valence-corrected chi connectivity index (χ1v) is 9.77. The van der Waals surface area contributed by atoms with E-state index in [0.717, 1.165) is 15.2 Å². The maximum absolute atomic E-state index is 12.5. The molecule has 3 rings (SSSR count). The van der Waals surface area contributed by atoms with Gasteiger partial charge in [0.1, 0.15) is 15.6 Å². The van der Waals surface area contributed by atoms with Gasteiger partial charge in [-0.1, -0.05) is 10.3 Å². The molecule has 1 aliphatic rings. The van der Waals surface area contributed by atoms with E-state index in [9.17, 15) is 8.42 Å². The van der Waals surface area contributed by atoms with E-state index >= 15 is 0 Å². The minimum absolute atomic E-state index is 0.379. The van der Waals surface area contributed by atoms with Crippen LogP contribution >= 0.6 is 27.3 Å². The van der Waals surface area contributed by atoms with Crippen LogP contribution in [-0.4, -0.2) is 54.1 Å². The maximum Gasteiger partial charge on any atom is 0.252 e. The quantitative estimate of drug-likeness (QED) is 0.768. The third kappa shape index (κ3) is 3.25. The molecule has 7 nitrogen and oxygen atoms in total. The topological polar surface area (TPSA) is 79.5 Å². The van der Waals surface area contributed by atoms with Gasteiger partial charge in [0.25, 0.3) is 10.0 Å². The number of aryl methyl sites for hydroxylation is 1. The van der Waals surface area contributed by atoms with Crippen molar-refractivity contribution in [3.8, 4) is 0 Å². The smallest absolute Gasteiger partial charge is 0.252 e. The van der Waals surface area contributed by atoms with Gasteiger partial charge < -0.3 is 0 Å². The molecule has 0 amide bonds. The summed E-state index contributed by atoms with van der Waals surface area (Å²) < 4.78 is 32.5. The zero-order chi connectivity index (χ0) is 15.7. The van der Waals surface area contributed by atoms with Crippen molar-refractivity contribution >= 4 is 37.3 Å². The molecule has 0 aliphatic carbocycles. The number of thiophene rings is 1. The molecular formula is C12H15BrN4O3S2. The van der Waals surface area contributed by atoms with E-state index < -0.39 is 10.0 Å². The lowest BCUT2D eigenvalue weighted by Gasteiger charge is -2.33. The van der Waals surface area contributed by atoms with Crippen molar-refractivity contribution in [1.82, 2.24) is 19.5 Å². The third-order valence-electron chi connectivity index (χ3n) is 3.59. The molecule has 0 N–H and O–H groups in total. The van der Waals surface area contributed by atoms with Crippen molar-refractivity contribution < 1.29 is 13.0 Å². The van der Waals surface area contributed by atoms with Gasteiger partial charge in [0, 0.05) is 32.7 Å². The van der Waals surface area contributed by atoms with Crippen LogP contribution in [0.2, 0.25) is 0 Å². The second kappa shape index (κ2) is 6.36. The number of piperazine rings is 1. The van der Waals surface area contributed by atoms with Crippen LogP contribution in [0.25, 0.3) is 0 Å². The van der Waals surface area contributed by atoms with E-state index in [2.05, 4.69) is 35.8 Å². The highest BCUT2D eigenvalue weighted by Gasteiger charge is 2.30. The van der Waals surface area contributed by atoms with Crippen LogP contribution in [0.3, 0.4) is 0 Å². The molecule has 0 saturated carbocycles. The summed E-state index contributed by atoms with van der Waals surface area (Å²) in [6, 6.07) is 3.40. The van der Waals surface area contributed by atoms with Gasteiger partial charge in [-0.05, 0) is 35.0 Å². The van der Waals surface area contributed by atoms with Crippen LogP contribution in [0, 0.1) is 6.92 Å². The second-order valence-electron chi connectivity index (χ2n) is 5.04. The molecule has 120 valence electrons. The van der Waals surface area contributed by atoms with Crippen LogP contribution < -0.4 is 0 Å². The maximum atomic E-state index is 12.5. The Morgan fingerprint density at radius 2 is 2.00 bits per heavy atom. The van der Waals surface area contributed by atoms with Crippen molar-refractivity contribution in [1.29, 1.82) is 0 Å². The molecule has 3 heterocycles. The number of sulfonamides is 1. The van der Waals surface area contributed by atoms with Gasteiger partial charge >= 0.3 is 0 Å². The molecule has 2 aromatic heterocycles. The van der Waals surface area contributed by atoms with E-state index in [1.165, 1.54) is 15.6 Å². The Balaban J connectivity index is 1.63. The zero-order valence-corrected chi connectivity index (χ0v) is 15.1. The van der Waals surface area contributed by atoms with E-state index in [-0.39, 0.29) is 0 Å². The minimum Gasteiger partial charge on any atom is -0.295 e. The average Bonchev–Trinajstić information content (AvgIpc) is 3.09. The predicted molar refractivity (Wildman–Crippen MR) is 85.1 cm³/mol. The SMILES string of the molecule is Cc1nonc1CN1CCN(S(=O)(=O)c2ccc(Br)s2)CC1. The Bertz CT molecular complexity index is 750. The Labute approximate surface area is 141 Å². The fourth-order valence-corrected chi connectivity index (χ4v) is 5.88. The Morgan fingerprint density at radius 3 is 2.55 bits per heavy atom. The summed E-state index contributed by atoms with van der Waals surface area (Å²) in [5.74, 6) is 0. The number of nitrogens with zero attached hydrogens (tertiary/aromatic N) is 4. The molecule has 2 aromatic rings. The number of rotatable bonds is 4. The lowest BCUT2D eigenvalue weighted by molar-refractivity contribution is 0.177. The molecule has 0 radical (unpaired) electrons. The van der Waals surface area contributed by atoms with Gasteiger partial charge in [0.2, 0.25) is 0 Å². The number of hydrogen-bond donors (Lipinski definition) is 0. The van der Waals surface area contributed by atoms with E-state index in [1.54, 1.807) is 12.1 Å². The molecule has 0 spiro atoms. The number of halogens is 1. The lowest BCUT2D eigenvalue weighted by atomic mass is 10.3. The molecule has 0 aromatic carbocycles. The largest absolute Gasteiger partial charge is 0.295 e. The fourth-order valence-electron chi connectivity index (χ4n) is 2.30. The third-order valence-corrected chi connectivity index (χ3v) is 7.58. The molecule has 22 heavy (non-hydrogen) atoms. The molecule has 1 saturated heterocycles. The van der Waals surface area contributed by atoms with E-state index in [1.807, 2.05) is 6.92 Å². The molecule has 1 aliphatic heterocycles. The van der Waals surface area contributed by atoms with Crippen molar-refractivity contribution in [3.05, 3.63) is 27.3 Å². The molecule has 10 heteroatoms. The Hall–Kier alpha value is -0.810. The monoisotopic (exact) mass is 406 g/mol. The van der Waals surface area contributed by atoms with Gasteiger partial charge in [0.05, 0.1) is 3.79 Å². The molecule has 0 unspecified atom stereocenters. The molecule has 0 atom stereocenters. The minimum atomic E-state index is -3.39. The van der Waals surface area contributed by atoms with Gasteiger partial charge in [-0.25, -0.2) is 13.0 Å². The average molecular weight is 407 g/mol. The van der Waals surface area contributed by atoms with Crippen LogP contribution in [0.1, 0.15) is 11.4 Å². The summed E-state index contributed by atoms with van der Waals surface area (Å²) >= 11 is 4.54. The van der Waals surface area contributed by atoms with Gasteiger partial charge in [-0.2, -0.15) is 4.31 Å². The first-order chi connectivity index (χ1) is 10.5. The van der Waals surface area contributed by atoms with E-state index in [4.69, 9.17) is 0 Å². The van der Waals surface area contributed by atoms with Crippen molar-refractivity contribution in [2.45, 2.75) is 17.7 Å². The normalized spacial score (nSPS) is 17.9. The van der Waals surface area contributed by atoms with E-state index in [0.29, 0.717) is 36.9 Å². The number of aromatic nitrogens is 2. The standard InChI is InChI=1S/C12H15BrN4O3S2/c1-9-10(15-20-14-9)8-16-4-6-17(7-5-16)22(18,19)12-3-2-11(13)21-12/h2-3H,4-8H2,1H3. The van der Waals surface area contributed by atoms with Gasteiger partial charge in [0.15, 0.2) is 0 Å². The molecular weight excluding hydrogens is 392 g/mol. The second-order valence-corrected chi connectivity index (χ2v) is 9.66. The highest BCUT2D eigenvalue weighted by Crippen LogP contribution is 2.29. The van der Waals surface area contributed by atoms with Crippen molar-refractivity contribution in [3.63, 3.8) is 0 Å². The fraction of sp³-hybridized carbons (Fsp3) is 0.500. The van der Waals surface area contributed by atoms with Crippen molar-refractivity contribution in [2.24, 2.45) is 0 Å². The van der Waals surface area contributed by atoms with Crippen molar-refractivity contribution in [2.75, 3.05) is 26.2 Å². The summed E-state index contributed by atoms with van der Waals surface area (Å²) in [6.45, 7) is 4.76. The van der Waals surface area contributed by atoms with Gasteiger partial charge in [-0.15, -0.1) is 11.3 Å². The Kier molecular flexibility index (Phi) is 4.64. The lowest BCUT2D eigenvalue weighted by Crippen LogP contribution is -2.48. The van der Waals surface area contributed by atoms with Crippen LogP contribution in [0.5, 0.6) is 0 Å². The highest BCUT2D eigenvalue weighted by molar-refractivity contribution is 9.11. The predicted octanol–water partition coefficient (Wildman–Crippen LogP) is 1.71. The summed E-state index contributed by atoms with van der Waals surface area (Å²) in [5.41, 5.74) is 1.58. The van der Waals surface area contributed by atoms with Crippen LogP contribution in [0.4, 0.5) is 0 Å². The molecule has 1 fully saturated rings. The highest BCUT2D eigenvalue weighted by atomic mass is 79.9. The summed E-state index contributed by atoms with van der Waals surface area (Å²) in [4.78, 5) is 2.16. The zero-order valence-electron chi connectivity index (χ0n) is 11.9. The molecule has 0 bridgehead atoms. The van der Waals surface area contributed by atoms with Crippen LogP contribution in [0.15, 0.2) is 24.8 Å². The summed E-state index contributed by atoms with van der Waals surface area (Å²) in [7, 11) is -3.39. The number of hydrogen-bond acceptors (Lipinski definition) is 7. The summed E-state index contributed by atoms with van der Waals surface area (Å²) in [5, 5.41) is 7.62. The summed E-state index contributed by atoms with van der Waals surface area (Å²) in [6.07, 6.45) is 0. The van der Waals surface area contributed by atoms with Gasteiger partial charge in [-0.3, -0.25) is 4.90 Å². The first kappa shape index (κ1) is 16.1. The first-order valence-electron chi connectivity index (χ1n) is 6.72. The Morgan fingerprint density at radius 1 is 1.27 bits per heavy atom.